The van der Waals surface area contributed by atoms with E-state index in [-0.39, 0.29) is 21.1 Å². The zero-order chi connectivity index (χ0) is 33.5. The molecule has 0 N–H and O–H groups in total. The van der Waals surface area contributed by atoms with Gasteiger partial charge < -0.3 is 13.5 Å². The van der Waals surface area contributed by atoms with E-state index >= 15 is 0 Å². The largest absolute Gasteiger partial charge is 2.00 e. The third-order valence-corrected chi connectivity index (χ3v) is 9.57. The molecule has 51 heavy (non-hydrogen) atoms. The second-order valence-corrected chi connectivity index (χ2v) is 12.8. The van der Waals surface area contributed by atoms with Gasteiger partial charge in [-0.25, -0.2) is 4.98 Å². The second kappa shape index (κ2) is 11.9. The first-order valence-electron chi connectivity index (χ1n) is 16.6. The van der Waals surface area contributed by atoms with E-state index in [0.717, 1.165) is 77.4 Å². The first-order chi connectivity index (χ1) is 24.5. The van der Waals surface area contributed by atoms with Crippen LogP contribution in [0.3, 0.4) is 0 Å². The molecule has 0 aliphatic rings. The summed E-state index contributed by atoms with van der Waals surface area (Å²) in [6.45, 7) is 6.42. The summed E-state index contributed by atoms with van der Waals surface area (Å²) in [5.74, 6) is 1.12. The minimum Gasteiger partial charge on any atom is -0.497 e. The maximum atomic E-state index is 6.53. The SMILES string of the molecule is Cc1cc(C)c(-c2cn3c4cccnc4c4ccc(Oc5[c-]c6c(cc5)c5cccnc5n5c(-c7ccccc7)cnc65)[c-]c4c3n2)c(C)c1.[Pt+2]. The average Bonchev–Trinajstić information content (AvgIpc) is 3.78. The van der Waals surface area contributed by atoms with Crippen molar-refractivity contribution >= 4 is 54.9 Å². The van der Waals surface area contributed by atoms with Gasteiger partial charge in [-0.2, -0.15) is 0 Å². The molecule has 0 amide bonds. The Morgan fingerprint density at radius 1 is 0.647 bits per heavy atom. The standard InChI is InChI=1S/C43H28N6O.Pt/c1-25-19-26(2)39(27(3)20-25)36-24-48-37-12-8-17-44-40(37)32-16-14-30(22-35(32)43(48)47-36)50-29-13-15-31-33-11-7-18-45-41(33)49-38(28-9-5-4-6-10-28)23-46-42(49)34(31)21-29;/h4-20,23-24H,1-3H3;/q-2;+2. The third kappa shape index (κ3) is 4.84. The first-order valence-corrected chi connectivity index (χ1v) is 16.6. The van der Waals surface area contributed by atoms with E-state index < -0.39 is 0 Å². The predicted octanol–water partition coefficient (Wildman–Crippen LogP) is 10.0. The van der Waals surface area contributed by atoms with Crippen LogP contribution in [0, 0.1) is 32.9 Å². The molecular weight excluding hydrogens is 812 g/mol. The van der Waals surface area contributed by atoms with Crippen molar-refractivity contribution in [1.29, 1.82) is 0 Å². The maximum Gasteiger partial charge on any atom is 2.00 e. The van der Waals surface area contributed by atoms with Crippen LogP contribution in [0.1, 0.15) is 16.7 Å². The van der Waals surface area contributed by atoms with Gasteiger partial charge in [0.25, 0.3) is 0 Å². The Bertz CT molecular complexity index is 2980. The zero-order valence-electron chi connectivity index (χ0n) is 27.9. The van der Waals surface area contributed by atoms with Crippen LogP contribution in [0.15, 0.2) is 116 Å². The van der Waals surface area contributed by atoms with E-state index in [0.29, 0.717) is 11.5 Å². The van der Waals surface area contributed by atoms with Crippen molar-refractivity contribution < 1.29 is 25.8 Å². The molecule has 0 aliphatic heterocycles. The Labute approximate surface area is 307 Å². The number of rotatable bonds is 4. The summed E-state index contributed by atoms with van der Waals surface area (Å²) >= 11 is 0. The number of hydrogen-bond donors (Lipinski definition) is 0. The molecule has 4 aromatic carbocycles. The van der Waals surface area contributed by atoms with Crippen molar-refractivity contribution in [3.05, 3.63) is 145 Å². The number of benzene rings is 4. The number of pyridine rings is 4. The average molecular weight is 840 g/mol. The van der Waals surface area contributed by atoms with E-state index in [1.54, 1.807) is 0 Å². The predicted molar refractivity (Wildman–Crippen MR) is 199 cm³/mol. The second-order valence-electron chi connectivity index (χ2n) is 12.8. The number of nitrogens with zero attached hydrogens (tertiary/aromatic N) is 6. The molecule has 0 saturated heterocycles. The number of ether oxygens (including phenoxy) is 1. The number of imidazole rings is 2. The van der Waals surface area contributed by atoms with Crippen LogP contribution in [-0.4, -0.2) is 28.7 Å². The van der Waals surface area contributed by atoms with Crippen molar-refractivity contribution in [3.8, 4) is 34.0 Å². The molecule has 246 valence electrons. The summed E-state index contributed by atoms with van der Waals surface area (Å²) in [5.41, 5.74) is 12.0. The van der Waals surface area contributed by atoms with Gasteiger partial charge in [0.15, 0.2) is 0 Å². The summed E-state index contributed by atoms with van der Waals surface area (Å²) in [6.07, 6.45) is 7.66. The summed E-state index contributed by atoms with van der Waals surface area (Å²) in [4.78, 5) is 19.7. The molecule has 8 heteroatoms. The molecule has 0 atom stereocenters. The van der Waals surface area contributed by atoms with Gasteiger partial charge in [-0.3, -0.25) is 15.0 Å². The van der Waals surface area contributed by atoms with Gasteiger partial charge in [-0.1, -0.05) is 99.9 Å². The van der Waals surface area contributed by atoms with E-state index in [9.17, 15) is 0 Å². The van der Waals surface area contributed by atoms with Crippen LogP contribution in [-0.2, 0) is 21.1 Å². The molecule has 6 heterocycles. The maximum absolute atomic E-state index is 6.53. The van der Waals surface area contributed by atoms with Crippen LogP contribution >= 0.6 is 0 Å². The minimum absolute atomic E-state index is 0. The number of hydrogen-bond acceptors (Lipinski definition) is 5. The Hall–Kier alpha value is -5.91. The van der Waals surface area contributed by atoms with Crippen molar-refractivity contribution in [3.63, 3.8) is 0 Å². The number of fused-ring (bicyclic) bond motifs is 12. The van der Waals surface area contributed by atoms with Crippen LogP contribution in [0.4, 0.5) is 0 Å². The van der Waals surface area contributed by atoms with E-state index in [1.165, 1.54) is 16.7 Å². The molecule has 0 bridgehead atoms. The molecule has 0 fully saturated rings. The Morgan fingerprint density at radius 3 is 2.14 bits per heavy atom. The molecule has 0 saturated carbocycles. The fourth-order valence-electron chi connectivity index (χ4n) is 7.55. The van der Waals surface area contributed by atoms with Crippen molar-refractivity contribution in [1.82, 2.24) is 28.7 Å². The van der Waals surface area contributed by atoms with Crippen LogP contribution < -0.4 is 4.74 Å². The molecule has 6 aromatic heterocycles. The Kier molecular flexibility index (Phi) is 7.23. The molecular formula is C43H28N6OPt. The molecule has 7 nitrogen and oxygen atoms in total. The summed E-state index contributed by atoms with van der Waals surface area (Å²) in [5, 5.41) is 4.67. The number of aryl methyl sites for hydroxylation is 3. The van der Waals surface area contributed by atoms with Gasteiger partial charge in [0.1, 0.15) is 5.65 Å². The van der Waals surface area contributed by atoms with Gasteiger partial charge >= 0.3 is 21.1 Å². The first kappa shape index (κ1) is 31.1. The topological polar surface area (TPSA) is 69.6 Å². The molecule has 0 aliphatic carbocycles. The van der Waals surface area contributed by atoms with E-state index in [2.05, 4.69) is 90.4 Å². The van der Waals surface area contributed by atoms with Crippen LogP contribution in [0.25, 0.3) is 77.4 Å². The van der Waals surface area contributed by atoms with Crippen molar-refractivity contribution in [2.24, 2.45) is 0 Å². The summed E-state index contributed by atoms with van der Waals surface area (Å²) in [7, 11) is 0. The van der Waals surface area contributed by atoms with E-state index in [4.69, 9.17) is 24.7 Å². The summed E-state index contributed by atoms with van der Waals surface area (Å²) < 4.78 is 10.8. The fraction of sp³-hybridized carbons (Fsp3) is 0.0698. The molecule has 10 aromatic rings. The van der Waals surface area contributed by atoms with Gasteiger partial charge in [-0.05, 0) is 61.0 Å². The molecule has 10 rings (SSSR count). The minimum atomic E-state index is 0. The number of aromatic nitrogens is 6. The smallest absolute Gasteiger partial charge is 0.497 e. The zero-order valence-corrected chi connectivity index (χ0v) is 30.1. The third-order valence-electron chi connectivity index (χ3n) is 9.57. The van der Waals surface area contributed by atoms with Crippen molar-refractivity contribution in [2.45, 2.75) is 20.8 Å². The monoisotopic (exact) mass is 839 g/mol. The van der Waals surface area contributed by atoms with Gasteiger partial charge in [0.05, 0.1) is 33.7 Å². The van der Waals surface area contributed by atoms with E-state index in [1.807, 2.05) is 67.1 Å². The van der Waals surface area contributed by atoms with Crippen LogP contribution in [0.2, 0.25) is 0 Å². The fourth-order valence-corrected chi connectivity index (χ4v) is 7.55. The van der Waals surface area contributed by atoms with Crippen LogP contribution in [0.5, 0.6) is 11.5 Å². The van der Waals surface area contributed by atoms with Gasteiger partial charge in [0, 0.05) is 41.8 Å². The van der Waals surface area contributed by atoms with Gasteiger partial charge in [0.2, 0.25) is 0 Å². The quantitative estimate of drug-likeness (QED) is 0.130. The molecule has 0 radical (unpaired) electrons. The normalized spacial score (nSPS) is 11.7. The Balaban J connectivity index is 0.00000348. The van der Waals surface area contributed by atoms with Gasteiger partial charge in [-0.15, -0.1) is 12.1 Å². The molecule has 0 unspecified atom stereocenters. The molecule has 0 spiro atoms. The Morgan fingerprint density at radius 2 is 1.35 bits per heavy atom. The van der Waals surface area contributed by atoms with Crippen molar-refractivity contribution in [2.75, 3.05) is 0 Å². The summed E-state index contributed by atoms with van der Waals surface area (Å²) in [6, 6.07) is 37.9.